The molecule has 0 unspecified atom stereocenters. The van der Waals surface area contributed by atoms with E-state index in [9.17, 15) is 15.2 Å². The highest BCUT2D eigenvalue weighted by molar-refractivity contribution is 5.85. The van der Waals surface area contributed by atoms with Crippen LogP contribution in [0, 0.1) is 28.1 Å². The SMILES string of the molecule is CC(C)(C)C1CCC(O)(CNC(=O)C2(C#N)CCCC2)CC1. The molecule has 0 aliphatic heterocycles. The Balaban J connectivity index is 1.87. The minimum absolute atomic E-state index is 0.182. The second-order valence-corrected chi connectivity index (χ2v) is 8.45. The van der Waals surface area contributed by atoms with E-state index in [1.807, 2.05) is 0 Å². The van der Waals surface area contributed by atoms with Crippen LogP contribution in [0.1, 0.15) is 72.1 Å². The van der Waals surface area contributed by atoms with Gasteiger partial charge in [0.25, 0.3) is 0 Å². The van der Waals surface area contributed by atoms with Gasteiger partial charge in [-0.15, -0.1) is 0 Å². The summed E-state index contributed by atoms with van der Waals surface area (Å²) in [6, 6.07) is 2.21. The number of nitrogens with zero attached hydrogens (tertiary/aromatic N) is 1. The second-order valence-electron chi connectivity index (χ2n) is 8.45. The molecule has 0 aromatic heterocycles. The van der Waals surface area contributed by atoms with Crippen molar-refractivity contribution in [2.24, 2.45) is 16.7 Å². The van der Waals surface area contributed by atoms with Crippen molar-refractivity contribution in [1.29, 1.82) is 5.26 Å². The van der Waals surface area contributed by atoms with Crippen molar-refractivity contribution in [3.05, 3.63) is 0 Å². The Labute approximate surface area is 134 Å². The lowest BCUT2D eigenvalue weighted by Crippen LogP contribution is -2.49. The molecular weight excluding hydrogens is 276 g/mol. The Morgan fingerprint density at radius 3 is 2.23 bits per heavy atom. The molecule has 0 atom stereocenters. The van der Waals surface area contributed by atoms with Crippen LogP contribution in [-0.2, 0) is 4.79 Å². The molecule has 0 aromatic rings. The fraction of sp³-hybridized carbons (Fsp3) is 0.889. The molecule has 2 N–H and O–H groups in total. The first-order valence-electron chi connectivity index (χ1n) is 8.63. The molecule has 0 bridgehead atoms. The Morgan fingerprint density at radius 2 is 1.77 bits per heavy atom. The predicted octanol–water partition coefficient (Wildman–Crippen LogP) is 3.15. The van der Waals surface area contributed by atoms with Gasteiger partial charge in [0.2, 0.25) is 5.91 Å². The number of carbonyl (C=O) groups excluding carboxylic acids is 1. The molecule has 4 nitrogen and oxygen atoms in total. The van der Waals surface area contributed by atoms with Gasteiger partial charge in [-0.1, -0.05) is 33.6 Å². The number of nitrogens with one attached hydrogen (secondary N) is 1. The van der Waals surface area contributed by atoms with Crippen molar-refractivity contribution in [2.45, 2.75) is 77.7 Å². The minimum Gasteiger partial charge on any atom is -0.388 e. The van der Waals surface area contributed by atoms with Crippen molar-refractivity contribution in [3.63, 3.8) is 0 Å². The quantitative estimate of drug-likeness (QED) is 0.841. The zero-order valence-electron chi connectivity index (χ0n) is 14.2. The van der Waals surface area contributed by atoms with Crippen LogP contribution in [0.3, 0.4) is 0 Å². The first kappa shape index (κ1) is 17.3. The summed E-state index contributed by atoms with van der Waals surface area (Å²) in [6.07, 6.45) is 6.65. The number of aliphatic hydroxyl groups is 1. The van der Waals surface area contributed by atoms with E-state index in [1.54, 1.807) is 0 Å². The maximum atomic E-state index is 12.4. The van der Waals surface area contributed by atoms with Gasteiger partial charge in [0, 0.05) is 6.54 Å². The van der Waals surface area contributed by atoms with Gasteiger partial charge in [0.05, 0.1) is 11.7 Å². The normalized spacial score (nSPS) is 31.5. The third kappa shape index (κ3) is 3.63. The van der Waals surface area contributed by atoms with E-state index < -0.39 is 11.0 Å². The molecule has 2 rings (SSSR count). The summed E-state index contributed by atoms with van der Waals surface area (Å²) in [5.41, 5.74) is -1.37. The van der Waals surface area contributed by atoms with Crippen LogP contribution in [0.5, 0.6) is 0 Å². The zero-order valence-corrected chi connectivity index (χ0v) is 14.2. The number of carbonyl (C=O) groups is 1. The maximum Gasteiger partial charge on any atom is 0.240 e. The molecule has 1 amide bonds. The van der Waals surface area contributed by atoms with Gasteiger partial charge in [-0.2, -0.15) is 5.26 Å². The van der Waals surface area contributed by atoms with E-state index in [4.69, 9.17) is 0 Å². The molecule has 0 aromatic carbocycles. The molecule has 0 heterocycles. The maximum absolute atomic E-state index is 12.4. The van der Waals surface area contributed by atoms with Gasteiger partial charge in [0.1, 0.15) is 5.41 Å². The van der Waals surface area contributed by atoms with E-state index in [1.165, 1.54) is 0 Å². The highest BCUT2D eigenvalue weighted by Gasteiger charge is 2.43. The highest BCUT2D eigenvalue weighted by Crippen LogP contribution is 2.42. The standard InChI is InChI=1S/C18H30N2O2/c1-16(2,3)14-6-10-18(22,11-7-14)13-20-15(21)17(12-19)8-4-5-9-17/h14,22H,4-11,13H2,1-3H3,(H,20,21). The van der Waals surface area contributed by atoms with Gasteiger partial charge in [-0.25, -0.2) is 0 Å². The summed E-state index contributed by atoms with van der Waals surface area (Å²) >= 11 is 0. The zero-order chi connectivity index (χ0) is 16.4. The van der Waals surface area contributed by atoms with E-state index in [2.05, 4.69) is 32.2 Å². The third-order valence-electron chi connectivity index (χ3n) is 5.82. The summed E-state index contributed by atoms with van der Waals surface area (Å²) in [7, 11) is 0. The summed E-state index contributed by atoms with van der Waals surface area (Å²) in [4.78, 5) is 12.4. The van der Waals surface area contributed by atoms with Crippen LogP contribution in [0.15, 0.2) is 0 Å². The molecule has 2 fully saturated rings. The molecule has 0 radical (unpaired) electrons. The van der Waals surface area contributed by atoms with Crippen LogP contribution < -0.4 is 5.32 Å². The Bertz CT molecular complexity index is 445. The van der Waals surface area contributed by atoms with Gasteiger partial charge >= 0.3 is 0 Å². The molecule has 0 spiro atoms. The fourth-order valence-corrected chi connectivity index (χ4v) is 3.98. The van der Waals surface area contributed by atoms with Gasteiger partial charge in [-0.05, 0) is 49.9 Å². The van der Waals surface area contributed by atoms with E-state index in [0.29, 0.717) is 18.8 Å². The topological polar surface area (TPSA) is 73.1 Å². The largest absolute Gasteiger partial charge is 0.388 e. The number of nitriles is 1. The molecule has 2 aliphatic carbocycles. The summed E-state index contributed by atoms with van der Waals surface area (Å²) in [5.74, 6) is 0.447. The molecule has 124 valence electrons. The number of hydrogen-bond donors (Lipinski definition) is 2. The fourth-order valence-electron chi connectivity index (χ4n) is 3.98. The third-order valence-corrected chi connectivity index (χ3v) is 5.82. The number of amides is 1. The molecule has 0 saturated heterocycles. The summed E-state index contributed by atoms with van der Waals surface area (Å²) in [5, 5.41) is 22.9. The van der Waals surface area contributed by atoms with Crippen LogP contribution in [0.2, 0.25) is 0 Å². The van der Waals surface area contributed by atoms with Crippen LogP contribution >= 0.6 is 0 Å². The van der Waals surface area contributed by atoms with Crippen molar-refractivity contribution < 1.29 is 9.90 Å². The van der Waals surface area contributed by atoms with Crippen molar-refractivity contribution in [3.8, 4) is 6.07 Å². The van der Waals surface area contributed by atoms with Crippen molar-refractivity contribution >= 4 is 5.91 Å². The predicted molar refractivity (Wildman–Crippen MR) is 85.9 cm³/mol. The first-order valence-corrected chi connectivity index (χ1v) is 8.63. The Morgan fingerprint density at radius 1 is 1.23 bits per heavy atom. The molecular formula is C18H30N2O2. The van der Waals surface area contributed by atoms with Crippen LogP contribution in [0.25, 0.3) is 0 Å². The summed E-state index contributed by atoms with van der Waals surface area (Å²) < 4.78 is 0. The van der Waals surface area contributed by atoms with Gasteiger partial charge in [0.15, 0.2) is 0 Å². The first-order chi connectivity index (χ1) is 10.2. The average molecular weight is 306 g/mol. The monoisotopic (exact) mass is 306 g/mol. The number of rotatable bonds is 3. The highest BCUT2D eigenvalue weighted by atomic mass is 16.3. The van der Waals surface area contributed by atoms with Gasteiger partial charge < -0.3 is 10.4 Å². The lowest BCUT2D eigenvalue weighted by atomic mass is 9.68. The van der Waals surface area contributed by atoms with E-state index in [-0.39, 0.29) is 17.9 Å². The van der Waals surface area contributed by atoms with Crippen molar-refractivity contribution in [1.82, 2.24) is 5.32 Å². The molecule has 22 heavy (non-hydrogen) atoms. The molecule has 4 heteroatoms. The molecule has 2 aliphatic rings. The Kier molecular flexibility index (Phi) is 4.87. The number of hydrogen-bond acceptors (Lipinski definition) is 3. The minimum atomic E-state index is -0.848. The second kappa shape index (κ2) is 6.20. The van der Waals surface area contributed by atoms with E-state index >= 15 is 0 Å². The Hall–Kier alpha value is -1.08. The van der Waals surface area contributed by atoms with E-state index in [0.717, 1.165) is 38.5 Å². The van der Waals surface area contributed by atoms with Gasteiger partial charge in [-0.3, -0.25) is 4.79 Å². The van der Waals surface area contributed by atoms with Crippen molar-refractivity contribution in [2.75, 3.05) is 6.54 Å². The molecule has 2 saturated carbocycles. The lowest BCUT2D eigenvalue weighted by Gasteiger charge is -2.41. The average Bonchev–Trinajstić information content (AvgIpc) is 2.94. The lowest BCUT2D eigenvalue weighted by molar-refractivity contribution is -0.129. The van der Waals surface area contributed by atoms with Crippen LogP contribution in [0.4, 0.5) is 0 Å². The smallest absolute Gasteiger partial charge is 0.240 e. The summed E-state index contributed by atoms with van der Waals surface area (Å²) in [6.45, 7) is 7.04. The van der Waals surface area contributed by atoms with Crippen LogP contribution in [-0.4, -0.2) is 23.2 Å².